The Hall–Kier alpha value is -7.88. The number of nitrogens with zero attached hydrogens (tertiary/aromatic N) is 3. The van der Waals surface area contributed by atoms with Crippen molar-refractivity contribution in [3.05, 3.63) is 253 Å². The fraction of sp³-hybridized carbons (Fsp3) is 0.111. The molecule has 0 heterocycles. The van der Waals surface area contributed by atoms with E-state index in [0.717, 1.165) is 56.8 Å². The summed E-state index contributed by atoms with van der Waals surface area (Å²) in [4.78, 5) is 7.06. The van der Waals surface area contributed by atoms with Gasteiger partial charge in [-0.05, 0) is 218 Å². The number of fused-ring (bicyclic) bond motifs is 6. The highest BCUT2D eigenvalue weighted by Gasteiger charge is 2.21. The molecule has 0 radical (unpaired) electrons. The standard InChI is InChI=1S/C60H53N3.C3H6/c1-9-46(31-40(2)3)61(47-20-10-15-41(4)32-47)52-25-28-55-58(37-52)56-29-26-53(62(48-21-11-16-42(5)33-48)49-22-12-17-43(6)34-49)39-60(56)57-30-27-54(38-59(55)57)63(50-23-13-18-44(7)35-50)51-24-14-19-45(8)36-51;1-3-2/h9-39H,1-2H2,3-8H3;3H,1H2,2H3/b46-31+;. The van der Waals surface area contributed by atoms with Crippen LogP contribution in [0, 0.1) is 34.6 Å². The Bertz CT molecular complexity index is 3090. The van der Waals surface area contributed by atoms with Gasteiger partial charge in [0.1, 0.15) is 0 Å². The maximum absolute atomic E-state index is 4.28. The van der Waals surface area contributed by atoms with E-state index in [4.69, 9.17) is 0 Å². The zero-order valence-electron chi connectivity index (χ0n) is 39.4. The first-order valence-corrected chi connectivity index (χ1v) is 22.7. The zero-order valence-corrected chi connectivity index (χ0v) is 39.4. The fourth-order valence-corrected chi connectivity index (χ4v) is 9.03. The number of allylic oxidation sites excluding steroid dienone is 4. The quantitative estimate of drug-likeness (QED) is 0.0729. The van der Waals surface area contributed by atoms with Crippen LogP contribution in [0.5, 0.6) is 0 Å². The number of anilines is 8. The molecule has 0 saturated carbocycles. The Morgan fingerprint density at radius 2 is 0.652 bits per heavy atom. The molecule has 0 atom stereocenters. The molecule has 326 valence electrons. The SMILES string of the molecule is C=C/C(=C\C(=C)C)N(c1cccc(C)c1)c1ccc2c(c1)c1ccc(N(c3cccc(C)c3)c3cccc(C)c3)cc1c1ccc(N(c3cccc(C)c3)c3cccc(C)c3)cc21.C=CC. The minimum atomic E-state index is 0.957. The maximum atomic E-state index is 4.28. The molecule has 0 spiro atoms. The highest BCUT2D eigenvalue weighted by molar-refractivity contribution is 6.27. The van der Waals surface area contributed by atoms with E-state index >= 15 is 0 Å². The van der Waals surface area contributed by atoms with Gasteiger partial charge in [-0.3, -0.25) is 0 Å². The van der Waals surface area contributed by atoms with Gasteiger partial charge in [0, 0.05) is 51.2 Å². The Balaban J connectivity index is 0.00000192. The van der Waals surface area contributed by atoms with Crippen LogP contribution in [0.2, 0.25) is 0 Å². The van der Waals surface area contributed by atoms with E-state index in [1.807, 2.05) is 19.9 Å². The Morgan fingerprint density at radius 3 is 0.970 bits per heavy atom. The van der Waals surface area contributed by atoms with Gasteiger partial charge in [0.05, 0.1) is 0 Å². The van der Waals surface area contributed by atoms with Crippen molar-refractivity contribution >= 4 is 77.8 Å². The van der Waals surface area contributed by atoms with Crippen LogP contribution in [0.25, 0.3) is 32.3 Å². The van der Waals surface area contributed by atoms with Crippen molar-refractivity contribution in [2.45, 2.75) is 48.5 Å². The molecule has 9 aromatic rings. The summed E-state index contributed by atoms with van der Waals surface area (Å²) in [5, 5.41) is 7.11. The lowest BCUT2D eigenvalue weighted by Gasteiger charge is -2.29. The Kier molecular flexibility index (Phi) is 13.2. The van der Waals surface area contributed by atoms with Gasteiger partial charge in [-0.25, -0.2) is 0 Å². The molecule has 0 amide bonds. The van der Waals surface area contributed by atoms with Crippen LogP contribution < -0.4 is 14.7 Å². The monoisotopic (exact) mass is 857 g/mol. The molecule has 0 bridgehead atoms. The molecular weight excluding hydrogens is 799 g/mol. The molecule has 0 saturated heterocycles. The van der Waals surface area contributed by atoms with Crippen molar-refractivity contribution in [1.29, 1.82) is 0 Å². The number of benzene rings is 9. The highest BCUT2D eigenvalue weighted by atomic mass is 15.2. The summed E-state index contributed by atoms with van der Waals surface area (Å²) < 4.78 is 0. The van der Waals surface area contributed by atoms with Crippen molar-refractivity contribution in [2.24, 2.45) is 0 Å². The van der Waals surface area contributed by atoms with E-state index in [0.29, 0.717) is 0 Å². The molecule has 9 rings (SSSR count). The normalized spacial score (nSPS) is 11.2. The molecule has 9 aromatic carbocycles. The Morgan fingerprint density at radius 1 is 0.379 bits per heavy atom. The lowest BCUT2D eigenvalue weighted by atomic mass is 9.92. The third-order valence-corrected chi connectivity index (χ3v) is 11.8. The van der Waals surface area contributed by atoms with Gasteiger partial charge >= 0.3 is 0 Å². The van der Waals surface area contributed by atoms with Gasteiger partial charge in [-0.1, -0.05) is 104 Å². The molecule has 66 heavy (non-hydrogen) atoms. The third-order valence-electron chi connectivity index (χ3n) is 11.8. The average molecular weight is 858 g/mol. The van der Waals surface area contributed by atoms with E-state index in [2.05, 4.69) is 251 Å². The first-order valence-electron chi connectivity index (χ1n) is 22.7. The van der Waals surface area contributed by atoms with Gasteiger partial charge < -0.3 is 14.7 Å². The largest absolute Gasteiger partial charge is 0.310 e. The molecule has 3 heteroatoms. The van der Waals surface area contributed by atoms with Crippen molar-refractivity contribution in [3.63, 3.8) is 0 Å². The van der Waals surface area contributed by atoms with Crippen LogP contribution >= 0.6 is 0 Å². The minimum absolute atomic E-state index is 0.957. The van der Waals surface area contributed by atoms with Crippen LogP contribution in [0.4, 0.5) is 45.5 Å². The number of hydrogen-bond acceptors (Lipinski definition) is 3. The predicted octanol–water partition coefficient (Wildman–Crippen LogP) is 18.6. The van der Waals surface area contributed by atoms with Crippen LogP contribution in [0.3, 0.4) is 0 Å². The molecule has 0 fully saturated rings. The van der Waals surface area contributed by atoms with Crippen molar-refractivity contribution in [3.8, 4) is 0 Å². The van der Waals surface area contributed by atoms with Crippen LogP contribution in [0.15, 0.2) is 225 Å². The topological polar surface area (TPSA) is 9.72 Å². The van der Waals surface area contributed by atoms with E-state index < -0.39 is 0 Å². The summed E-state index contributed by atoms with van der Waals surface area (Å²) in [7, 11) is 0. The second kappa shape index (κ2) is 19.5. The van der Waals surface area contributed by atoms with Gasteiger partial charge in [-0.15, -0.1) is 6.58 Å². The number of hydrogen-bond donors (Lipinski definition) is 0. The molecule has 0 N–H and O–H groups in total. The van der Waals surface area contributed by atoms with Gasteiger partial charge in [0.2, 0.25) is 0 Å². The first-order chi connectivity index (χ1) is 32.0. The minimum Gasteiger partial charge on any atom is -0.310 e. The smallest absolute Gasteiger partial charge is 0.0468 e. The van der Waals surface area contributed by atoms with Gasteiger partial charge in [0.15, 0.2) is 0 Å². The van der Waals surface area contributed by atoms with Crippen molar-refractivity contribution in [2.75, 3.05) is 14.7 Å². The van der Waals surface area contributed by atoms with E-state index in [9.17, 15) is 0 Å². The number of rotatable bonds is 11. The van der Waals surface area contributed by atoms with E-state index in [1.165, 1.54) is 60.1 Å². The third kappa shape index (κ3) is 9.34. The summed E-state index contributed by atoms with van der Waals surface area (Å²) in [6.07, 6.45) is 5.78. The Labute approximate surface area is 392 Å². The molecular formula is C63H59N3. The van der Waals surface area contributed by atoms with Crippen LogP contribution in [-0.4, -0.2) is 0 Å². The van der Waals surface area contributed by atoms with Crippen LogP contribution in [-0.2, 0) is 0 Å². The first kappa shape index (κ1) is 44.7. The molecule has 0 aliphatic carbocycles. The van der Waals surface area contributed by atoms with Gasteiger partial charge in [-0.2, -0.15) is 0 Å². The highest BCUT2D eigenvalue weighted by Crippen LogP contribution is 2.45. The van der Waals surface area contributed by atoms with Crippen molar-refractivity contribution < 1.29 is 0 Å². The lowest BCUT2D eigenvalue weighted by Crippen LogP contribution is -2.15. The maximum Gasteiger partial charge on any atom is 0.0468 e. The van der Waals surface area contributed by atoms with Crippen molar-refractivity contribution in [1.82, 2.24) is 0 Å². The zero-order chi connectivity index (χ0) is 46.5. The van der Waals surface area contributed by atoms with Crippen LogP contribution in [0.1, 0.15) is 41.7 Å². The van der Waals surface area contributed by atoms with E-state index in [1.54, 1.807) is 6.08 Å². The lowest BCUT2D eigenvalue weighted by molar-refractivity contribution is 1.20. The van der Waals surface area contributed by atoms with Gasteiger partial charge in [0.25, 0.3) is 0 Å². The summed E-state index contributed by atoms with van der Waals surface area (Å²) in [6, 6.07) is 64.7. The summed E-state index contributed by atoms with van der Waals surface area (Å²) in [6.45, 7) is 26.6. The second-order valence-electron chi connectivity index (χ2n) is 17.4. The number of aryl methyl sites for hydroxylation is 5. The molecule has 0 unspecified atom stereocenters. The summed E-state index contributed by atoms with van der Waals surface area (Å²) in [5.41, 5.74) is 16.8. The van der Waals surface area contributed by atoms with E-state index in [-0.39, 0.29) is 0 Å². The fourth-order valence-electron chi connectivity index (χ4n) is 9.03. The predicted molar refractivity (Wildman–Crippen MR) is 290 cm³/mol. The summed E-state index contributed by atoms with van der Waals surface area (Å²) >= 11 is 0. The average Bonchev–Trinajstić information content (AvgIpc) is 3.29. The molecule has 0 aliphatic heterocycles. The second-order valence-corrected chi connectivity index (χ2v) is 17.4. The molecule has 0 aromatic heterocycles. The summed E-state index contributed by atoms with van der Waals surface area (Å²) in [5.74, 6) is 0. The molecule has 3 nitrogen and oxygen atoms in total. The molecule has 0 aliphatic rings.